The first-order chi connectivity index (χ1) is 12.6. The predicted octanol–water partition coefficient (Wildman–Crippen LogP) is 0.974. The number of rotatable bonds is 2. The first kappa shape index (κ1) is 20.4. The fourth-order valence-electron chi connectivity index (χ4n) is 2.44. The van der Waals surface area contributed by atoms with Crippen LogP contribution in [0.4, 0.5) is 11.4 Å². The van der Waals surface area contributed by atoms with E-state index >= 15 is 0 Å². The molecule has 0 spiro atoms. The van der Waals surface area contributed by atoms with Crippen molar-refractivity contribution in [3.8, 4) is 0 Å². The van der Waals surface area contributed by atoms with Crippen LogP contribution in [0.15, 0.2) is 78.4 Å². The van der Waals surface area contributed by atoms with Crippen LogP contribution in [0.25, 0.3) is 5.57 Å². The second kappa shape index (κ2) is 8.62. The minimum absolute atomic E-state index is 0.498. The molecule has 2 aromatic carbocycles. The Bertz CT molecular complexity index is 882. The summed E-state index contributed by atoms with van der Waals surface area (Å²) in [6, 6.07) is 15.6. The number of nitrogens with one attached hydrogen (secondary N) is 1. The second-order valence-corrected chi connectivity index (χ2v) is 6.54. The van der Waals surface area contributed by atoms with Gasteiger partial charge in [0.05, 0.1) is 5.71 Å². The Kier molecular flexibility index (Phi) is 6.50. The van der Waals surface area contributed by atoms with Crippen LogP contribution in [0.5, 0.6) is 0 Å². The summed E-state index contributed by atoms with van der Waals surface area (Å²) in [6.45, 7) is 0. The lowest BCUT2D eigenvalue weighted by Gasteiger charge is -2.36. The molecule has 0 saturated carbocycles. The molecule has 0 amide bonds. The highest BCUT2D eigenvalue weighted by atomic mass is 31.2. The van der Waals surface area contributed by atoms with E-state index in [0.717, 1.165) is 33.6 Å². The van der Waals surface area contributed by atoms with E-state index in [-0.39, 0.29) is 0 Å². The zero-order chi connectivity index (χ0) is 20.0. The maximum Gasteiger partial charge on any atom is 0.0540 e. The molecule has 27 heavy (non-hydrogen) atoms. The lowest BCUT2D eigenvalue weighted by molar-refractivity contribution is -0.432. The molecule has 7 nitrogen and oxygen atoms in total. The van der Waals surface area contributed by atoms with E-state index in [0.29, 0.717) is 5.71 Å². The summed E-state index contributed by atoms with van der Waals surface area (Å²) in [5.41, 5.74) is 17.9. The largest absolute Gasteiger partial charge is 0.822 e. The highest BCUT2D eigenvalue weighted by Crippen LogP contribution is 2.30. The summed E-state index contributed by atoms with van der Waals surface area (Å²) in [7, 11) is -5.39. The molecule has 0 fully saturated rings. The highest BCUT2D eigenvalue weighted by molar-refractivity contribution is 7.40. The van der Waals surface area contributed by atoms with Crippen LogP contribution in [-0.2, 0) is 4.57 Å². The Hall–Kier alpha value is -2.96. The van der Waals surface area contributed by atoms with Gasteiger partial charge in [0, 0.05) is 11.4 Å². The van der Waals surface area contributed by atoms with Gasteiger partial charge in [0.2, 0.25) is 0 Å². The molecule has 0 radical (unpaired) electrons. The van der Waals surface area contributed by atoms with E-state index < -0.39 is 7.82 Å². The zero-order valence-electron chi connectivity index (χ0n) is 14.2. The van der Waals surface area contributed by atoms with Crippen LogP contribution in [-0.4, -0.2) is 5.71 Å². The fraction of sp³-hybridized carbons (Fsp3) is 0. The van der Waals surface area contributed by atoms with Gasteiger partial charge < -0.3 is 36.1 Å². The summed E-state index contributed by atoms with van der Waals surface area (Å²) in [6.07, 6.45) is 7.52. The fourth-order valence-corrected chi connectivity index (χ4v) is 2.44. The van der Waals surface area contributed by atoms with E-state index in [1.54, 1.807) is 12.2 Å². The molecule has 0 unspecified atom stereocenters. The van der Waals surface area contributed by atoms with Crippen LogP contribution in [0, 0.1) is 5.41 Å². The Morgan fingerprint density at radius 3 is 1.41 bits per heavy atom. The van der Waals surface area contributed by atoms with E-state index in [1.807, 2.05) is 60.7 Å². The van der Waals surface area contributed by atoms with Gasteiger partial charge in [0.15, 0.2) is 0 Å². The van der Waals surface area contributed by atoms with Gasteiger partial charge in [-0.3, -0.25) is 0 Å². The number of anilines is 2. The number of hydrogen-bond donors (Lipinski definition) is 3. The third-order valence-electron chi connectivity index (χ3n) is 3.57. The maximum atomic E-state index is 8.55. The summed E-state index contributed by atoms with van der Waals surface area (Å²) >= 11 is 0. The lowest BCUT2D eigenvalue weighted by atomic mass is 9.90. The van der Waals surface area contributed by atoms with Crippen molar-refractivity contribution in [3.05, 3.63) is 89.5 Å². The second-order valence-electron chi connectivity index (χ2n) is 5.64. The van der Waals surface area contributed by atoms with Crippen LogP contribution in [0.1, 0.15) is 11.1 Å². The number of nitrogens with two attached hydrogens (primary N) is 2. The predicted molar refractivity (Wildman–Crippen MR) is 101 cm³/mol. The summed E-state index contributed by atoms with van der Waals surface area (Å²) in [5, 5.41) is 7.66. The minimum Gasteiger partial charge on any atom is -0.822 e. The molecule has 5 N–H and O–H groups in total. The van der Waals surface area contributed by atoms with E-state index in [4.69, 9.17) is 36.1 Å². The first-order valence-electron chi connectivity index (χ1n) is 7.77. The monoisotopic (exact) mass is 382 g/mol. The van der Waals surface area contributed by atoms with Gasteiger partial charge in [-0.15, -0.1) is 0 Å². The number of nitrogen functional groups attached to an aromatic ring is 2. The average Bonchev–Trinajstić information content (AvgIpc) is 2.59. The molecule has 0 aromatic heterocycles. The molecule has 0 aliphatic heterocycles. The Morgan fingerprint density at radius 1 is 0.741 bits per heavy atom. The number of hydrogen-bond acceptors (Lipinski definition) is 7. The van der Waals surface area contributed by atoms with Crippen molar-refractivity contribution in [2.24, 2.45) is 0 Å². The molecule has 3 rings (SSSR count). The van der Waals surface area contributed by atoms with Crippen LogP contribution >= 0.6 is 7.82 Å². The summed E-state index contributed by atoms with van der Waals surface area (Å²) < 4.78 is 8.55. The molecule has 2 aromatic rings. The summed E-state index contributed by atoms with van der Waals surface area (Å²) in [4.78, 5) is 25.6. The first-order valence-corrected chi connectivity index (χ1v) is 9.23. The van der Waals surface area contributed by atoms with Gasteiger partial charge in [-0.2, -0.15) is 7.82 Å². The SMILES string of the molecule is N=C1C=CC(=C(c2ccc(N)cc2)c2ccc(N)cc2)C=C1.O=P([O-])([O-])[O-]. The summed E-state index contributed by atoms with van der Waals surface area (Å²) in [5.74, 6) is 0. The minimum atomic E-state index is -5.39. The van der Waals surface area contributed by atoms with Crippen molar-refractivity contribution in [2.45, 2.75) is 0 Å². The molecule has 1 aliphatic carbocycles. The van der Waals surface area contributed by atoms with E-state index in [2.05, 4.69) is 0 Å². The van der Waals surface area contributed by atoms with Crippen molar-refractivity contribution in [1.82, 2.24) is 0 Å². The molecule has 8 heteroatoms. The smallest absolute Gasteiger partial charge is 0.0540 e. The van der Waals surface area contributed by atoms with Crippen molar-refractivity contribution in [3.63, 3.8) is 0 Å². The molecular weight excluding hydrogens is 365 g/mol. The quantitative estimate of drug-likeness (QED) is 0.518. The Morgan fingerprint density at radius 2 is 1.07 bits per heavy atom. The molecule has 0 heterocycles. The van der Waals surface area contributed by atoms with Crippen LogP contribution in [0.2, 0.25) is 0 Å². The van der Waals surface area contributed by atoms with Crippen molar-refractivity contribution in [1.29, 1.82) is 5.41 Å². The lowest BCUT2D eigenvalue weighted by Crippen LogP contribution is -2.24. The standard InChI is InChI=1S/C19H17N3.H3O4P/c20-16-7-1-13(2-8-16)19(14-3-9-17(21)10-4-14)15-5-11-18(22)12-6-15;1-5(2,3)4/h1-12,20H,21-22H2;(H3,1,2,3,4)/p-3. The van der Waals surface area contributed by atoms with Gasteiger partial charge in [0.1, 0.15) is 0 Å². The Labute approximate surface area is 156 Å². The van der Waals surface area contributed by atoms with E-state index in [1.165, 1.54) is 0 Å². The van der Waals surface area contributed by atoms with Crippen LogP contribution < -0.4 is 26.1 Å². The number of phosphoric acid groups is 1. The van der Waals surface area contributed by atoms with Gasteiger partial charge in [-0.25, -0.2) is 0 Å². The third-order valence-corrected chi connectivity index (χ3v) is 3.57. The molecular formula is C19H17N3O4P-3. The molecule has 140 valence electrons. The molecule has 0 atom stereocenters. The zero-order valence-corrected chi connectivity index (χ0v) is 15.1. The van der Waals surface area contributed by atoms with Gasteiger partial charge in [-0.1, -0.05) is 36.4 Å². The Balaban J connectivity index is 0.000000465. The number of allylic oxidation sites excluding steroid dienone is 5. The normalized spacial score (nSPS) is 13.1. The molecule has 0 bridgehead atoms. The van der Waals surface area contributed by atoms with Crippen molar-refractivity contribution < 1.29 is 19.2 Å². The number of benzene rings is 2. The van der Waals surface area contributed by atoms with Gasteiger partial charge in [0.25, 0.3) is 0 Å². The highest BCUT2D eigenvalue weighted by Gasteiger charge is 2.10. The maximum absolute atomic E-state index is 8.55. The van der Waals surface area contributed by atoms with Gasteiger partial charge in [-0.05, 0) is 58.7 Å². The van der Waals surface area contributed by atoms with Crippen molar-refractivity contribution >= 4 is 30.5 Å². The van der Waals surface area contributed by atoms with Crippen molar-refractivity contribution in [2.75, 3.05) is 11.5 Å². The topological polar surface area (TPSA) is 162 Å². The van der Waals surface area contributed by atoms with Crippen LogP contribution in [0.3, 0.4) is 0 Å². The van der Waals surface area contributed by atoms with E-state index in [9.17, 15) is 0 Å². The molecule has 1 aliphatic rings. The average molecular weight is 382 g/mol. The molecule has 0 saturated heterocycles. The third kappa shape index (κ3) is 6.69. The van der Waals surface area contributed by atoms with Gasteiger partial charge >= 0.3 is 0 Å².